The minimum Gasteiger partial charge on any atom is -0.336 e. The van der Waals surface area contributed by atoms with E-state index in [-0.39, 0.29) is 34.7 Å². The number of halogens is 1. The largest absolute Gasteiger partial charge is 0.336 e. The van der Waals surface area contributed by atoms with Gasteiger partial charge < -0.3 is 10.2 Å². The lowest BCUT2D eigenvalue weighted by atomic mass is 10.1. The minimum absolute atomic E-state index is 0.00430. The van der Waals surface area contributed by atoms with E-state index in [1.54, 1.807) is 26.0 Å². The minimum atomic E-state index is -3.83. The number of hydrogen-bond acceptors (Lipinski definition) is 5. The van der Waals surface area contributed by atoms with Crippen LogP contribution in [0.15, 0.2) is 29.2 Å². The van der Waals surface area contributed by atoms with Gasteiger partial charge >= 0.3 is 0 Å². The standard InChI is InChI=1S/C19H22ClN3O4S/c1-12(2)18(25)23-10-13(28(26,27)16-6-4-3-5-14(16)20)9-15(23)17(24)22-19(11-21)7-8-19/h3-6,12-13,15H,7-10H2,1-2H3,(H,22,24)/t13-,15+/m1/s1. The van der Waals surface area contributed by atoms with Crippen LogP contribution in [0.1, 0.15) is 33.1 Å². The highest BCUT2D eigenvalue weighted by molar-refractivity contribution is 7.92. The van der Waals surface area contributed by atoms with Crippen molar-refractivity contribution < 1.29 is 18.0 Å². The molecule has 2 amide bonds. The number of carbonyl (C=O) groups excluding carboxylic acids is 2. The zero-order valence-electron chi connectivity index (χ0n) is 15.7. The normalized spacial score (nSPS) is 23.3. The predicted octanol–water partition coefficient (Wildman–Crippen LogP) is 1.91. The molecule has 1 aromatic carbocycles. The predicted molar refractivity (Wildman–Crippen MR) is 103 cm³/mol. The average Bonchev–Trinajstić information content (AvgIpc) is 3.27. The average molecular weight is 424 g/mol. The lowest BCUT2D eigenvalue weighted by molar-refractivity contribution is -0.141. The maximum Gasteiger partial charge on any atom is 0.244 e. The SMILES string of the molecule is CC(C)C(=O)N1C[C@H](S(=O)(=O)c2ccccc2Cl)C[C@H]1C(=O)NC1(C#N)CC1. The molecule has 150 valence electrons. The van der Waals surface area contributed by atoms with Gasteiger partial charge in [0.1, 0.15) is 11.6 Å². The summed E-state index contributed by atoms with van der Waals surface area (Å²) in [5, 5.41) is 11.1. The van der Waals surface area contributed by atoms with Crippen LogP contribution in [0, 0.1) is 17.2 Å². The van der Waals surface area contributed by atoms with E-state index in [1.165, 1.54) is 17.0 Å². The van der Waals surface area contributed by atoms with Gasteiger partial charge in [0.05, 0.1) is 21.2 Å². The summed E-state index contributed by atoms with van der Waals surface area (Å²) in [5.74, 6) is -1.16. The molecule has 2 fully saturated rings. The molecule has 1 heterocycles. The lowest BCUT2D eigenvalue weighted by Crippen LogP contribution is -2.50. The van der Waals surface area contributed by atoms with Crippen molar-refractivity contribution in [3.8, 4) is 6.07 Å². The molecule has 2 aliphatic rings. The molecule has 2 atom stereocenters. The second kappa shape index (κ2) is 7.37. The number of benzene rings is 1. The third-order valence-electron chi connectivity index (χ3n) is 5.25. The number of nitrogens with one attached hydrogen (secondary N) is 1. The van der Waals surface area contributed by atoms with Gasteiger partial charge in [0.15, 0.2) is 9.84 Å². The zero-order chi connectivity index (χ0) is 20.7. The summed E-state index contributed by atoms with van der Waals surface area (Å²) < 4.78 is 26.2. The summed E-state index contributed by atoms with van der Waals surface area (Å²) >= 11 is 6.07. The Morgan fingerprint density at radius 2 is 1.96 bits per heavy atom. The van der Waals surface area contributed by atoms with E-state index in [2.05, 4.69) is 11.4 Å². The molecule has 28 heavy (non-hydrogen) atoms. The number of amides is 2. The van der Waals surface area contributed by atoms with E-state index in [0.717, 1.165) is 0 Å². The van der Waals surface area contributed by atoms with Crippen molar-refractivity contribution >= 4 is 33.3 Å². The van der Waals surface area contributed by atoms with Crippen LogP contribution in [-0.2, 0) is 19.4 Å². The molecule has 1 saturated carbocycles. The van der Waals surface area contributed by atoms with Gasteiger partial charge in [0, 0.05) is 12.5 Å². The number of carbonyl (C=O) groups is 2. The monoisotopic (exact) mass is 423 g/mol. The first-order valence-corrected chi connectivity index (χ1v) is 11.1. The van der Waals surface area contributed by atoms with Crippen molar-refractivity contribution in [2.45, 2.75) is 54.8 Å². The van der Waals surface area contributed by atoms with E-state index in [0.29, 0.717) is 12.8 Å². The topological polar surface area (TPSA) is 107 Å². The van der Waals surface area contributed by atoms with Crippen molar-refractivity contribution in [3.05, 3.63) is 29.3 Å². The van der Waals surface area contributed by atoms with Gasteiger partial charge in [-0.25, -0.2) is 8.42 Å². The first kappa shape index (κ1) is 20.6. The van der Waals surface area contributed by atoms with Crippen molar-refractivity contribution in [1.82, 2.24) is 10.2 Å². The second-order valence-corrected chi connectivity index (χ2v) is 10.3. The molecule has 0 bridgehead atoms. The smallest absolute Gasteiger partial charge is 0.244 e. The highest BCUT2D eigenvalue weighted by Gasteiger charge is 2.50. The number of nitriles is 1. The van der Waals surface area contributed by atoms with Crippen LogP contribution in [0.2, 0.25) is 5.02 Å². The van der Waals surface area contributed by atoms with Crippen molar-refractivity contribution in [2.75, 3.05) is 6.54 Å². The Hall–Kier alpha value is -2.11. The summed E-state index contributed by atoms with van der Waals surface area (Å²) in [4.78, 5) is 26.8. The quantitative estimate of drug-likeness (QED) is 0.778. The molecule has 0 spiro atoms. The third kappa shape index (κ3) is 3.74. The van der Waals surface area contributed by atoms with Gasteiger partial charge in [-0.15, -0.1) is 0 Å². The lowest BCUT2D eigenvalue weighted by Gasteiger charge is -2.26. The second-order valence-electron chi connectivity index (χ2n) is 7.68. The van der Waals surface area contributed by atoms with Gasteiger partial charge in [-0.05, 0) is 31.4 Å². The van der Waals surface area contributed by atoms with Gasteiger partial charge in [-0.1, -0.05) is 37.6 Å². The molecule has 0 radical (unpaired) electrons. The molecule has 9 heteroatoms. The highest BCUT2D eigenvalue weighted by atomic mass is 35.5. The summed E-state index contributed by atoms with van der Waals surface area (Å²) in [6, 6.07) is 7.29. The Bertz CT molecular complexity index is 950. The van der Waals surface area contributed by atoms with Crippen LogP contribution < -0.4 is 5.32 Å². The van der Waals surface area contributed by atoms with Crippen LogP contribution in [0.3, 0.4) is 0 Å². The molecular weight excluding hydrogens is 402 g/mol. The van der Waals surface area contributed by atoms with E-state index in [4.69, 9.17) is 11.6 Å². The maximum absolute atomic E-state index is 13.1. The fourth-order valence-electron chi connectivity index (χ4n) is 3.41. The van der Waals surface area contributed by atoms with E-state index >= 15 is 0 Å². The fourth-order valence-corrected chi connectivity index (χ4v) is 5.63. The summed E-state index contributed by atoms with van der Waals surface area (Å²) in [7, 11) is -3.83. The van der Waals surface area contributed by atoms with Gasteiger partial charge in [0.2, 0.25) is 11.8 Å². The summed E-state index contributed by atoms with van der Waals surface area (Å²) in [6.07, 6.45) is 1.09. The Morgan fingerprint density at radius 1 is 1.32 bits per heavy atom. The molecule has 1 N–H and O–H groups in total. The maximum atomic E-state index is 13.1. The number of hydrogen-bond donors (Lipinski definition) is 1. The summed E-state index contributed by atoms with van der Waals surface area (Å²) in [5.41, 5.74) is -0.886. The summed E-state index contributed by atoms with van der Waals surface area (Å²) in [6.45, 7) is 3.32. The van der Waals surface area contributed by atoms with Crippen LogP contribution in [0.5, 0.6) is 0 Å². The van der Waals surface area contributed by atoms with Gasteiger partial charge in [0.25, 0.3) is 0 Å². The van der Waals surface area contributed by atoms with Crippen LogP contribution in [-0.4, -0.2) is 48.5 Å². The fraction of sp³-hybridized carbons (Fsp3) is 0.526. The van der Waals surface area contributed by atoms with Gasteiger partial charge in [-0.2, -0.15) is 5.26 Å². The van der Waals surface area contributed by atoms with Crippen LogP contribution in [0.25, 0.3) is 0 Å². The number of nitrogens with zero attached hydrogens (tertiary/aromatic N) is 2. The molecular formula is C19H22ClN3O4S. The molecule has 1 saturated heterocycles. The number of sulfone groups is 1. The number of rotatable bonds is 5. The molecule has 1 aliphatic carbocycles. The van der Waals surface area contributed by atoms with E-state index in [9.17, 15) is 23.3 Å². The molecule has 3 rings (SSSR count). The van der Waals surface area contributed by atoms with Crippen molar-refractivity contribution in [2.24, 2.45) is 5.92 Å². The van der Waals surface area contributed by atoms with Crippen LogP contribution >= 0.6 is 11.6 Å². The Labute approximate surface area is 169 Å². The van der Waals surface area contributed by atoms with Crippen molar-refractivity contribution in [1.29, 1.82) is 5.26 Å². The molecule has 0 unspecified atom stereocenters. The molecule has 1 aliphatic heterocycles. The highest BCUT2D eigenvalue weighted by Crippen LogP contribution is 2.36. The Kier molecular flexibility index (Phi) is 5.43. The van der Waals surface area contributed by atoms with Gasteiger partial charge in [-0.3, -0.25) is 9.59 Å². The van der Waals surface area contributed by atoms with Crippen molar-refractivity contribution in [3.63, 3.8) is 0 Å². The van der Waals surface area contributed by atoms with E-state index in [1.807, 2.05) is 0 Å². The first-order chi connectivity index (χ1) is 13.1. The zero-order valence-corrected chi connectivity index (χ0v) is 17.3. The molecule has 7 nitrogen and oxygen atoms in total. The van der Waals surface area contributed by atoms with E-state index < -0.39 is 32.6 Å². The first-order valence-electron chi connectivity index (χ1n) is 9.13. The Morgan fingerprint density at radius 3 is 2.50 bits per heavy atom. The third-order valence-corrected chi connectivity index (χ3v) is 7.88. The molecule has 1 aromatic rings. The number of likely N-dealkylation sites (tertiary alicyclic amines) is 1. The molecule has 0 aromatic heterocycles. The Balaban J connectivity index is 1.90. The van der Waals surface area contributed by atoms with Crippen LogP contribution in [0.4, 0.5) is 0 Å².